The van der Waals surface area contributed by atoms with Crippen LogP contribution in [0.1, 0.15) is 39.4 Å². The highest BCUT2D eigenvalue weighted by molar-refractivity contribution is 7.18. The highest BCUT2D eigenvalue weighted by Crippen LogP contribution is 2.32. The molecule has 1 aliphatic rings. The summed E-state index contributed by atoms with van der Waals surface area (Å²) in [4.78, 5) is 19.8. The van der Waals surface area contributed by atoms with Gasteiger partial charge in [0, 0.05) is 11.4 Å². The molecule has 1 aliphatic heterocycles. The predicted octanol–water partition coefficient (Wildman–Crippen LogP) is 4.64. The predicted molar refractivity (Wildman–Crippen MR) is 102 cm³/mol. The first-order chi connectivity index (χ1) is 11.5. The molecule has 3 aromatic rings. The molecule has 0 amide bonds. The molecule has 4 rings (SSSR count). The van der Waals surface area contributed by atoms with Gasteiger partial charge in [-0.05, 0) is 62.5 Å². The van der Waals surface area contributed by atoms with Crippen molar-refractivity contribution in [2.75, 3.05) is 0 Å². The summed E-state index contributed by atoms with van der Waals surface area (Å²) in [7, 11) is 0. The molecule has 0 spiro atoms. The molecule has 3 nitrogen and oxygen atoms in total. The largest absolute Gasteiger partial charge is 0.292 e. The number of fused-ring (bicyclic) bond motifs is 2. The maximum atomic E-state index is 12.9. The first kappa shape index (κ1) is 15.3. The lowest BCUT2D eigenvalue weighted by molar-refractivity contribution is 0.726. The van der Waals surface area contributed by atoms with Gasteiger partial charge < -0.3 is 0 Å². The molecule has 1 aromatic carbocycles. The van der Waals surface area contributed by atoms with Crippen molar-refractivity contribution in [1.29, 1.82) is 0 Å². The standard InChI is InChI=1S/C20H20N2OS/c1-11-5-6-15(12(2)9-11)10-16-7-8-22-18(16)21-19-17(20(22)23)13(3)14(4)24-19/h5-6,9-10H,7-8H2,1-4H3. The molecule has 4 heteroatoms. The second kappa shape index (κ2) is 5.42. The highest BCUT2D eigenvalue weighted by atomic mass is 32.1. The molecule has 2 aromatic heterocycles. The number of benzene rings is 1. The van der Waals surface area contributed by atoms with Gasteiger partial charge in [0.1, 0.15) is 10.7 Å². The van der Waals surface area contributed by atoms with E-state index in [1.54, 1.807) is 11.3 Å². The third-order valence-corrected chi connectivity index (χ3v) is 6.04. The van der Waals surface area contributed by atoms with E-state index in [9.17, 15) is 4.79 Å². The van der Waals surface area contributed by atoms with Crippen LogP contribution < -0.4 is 5.56 Å². The van der Waals surface area contributed by atoms with E-state index >= 15 is 0 Å². The number of aromatic nitrogens is 2. The van der Waals surface area contributed by atoms with E-state index in [-0.39, 0.29) is 5.56 Å². The normalized spacial score (nSPS) is 15.4. The van der Waals surface area contributed by atoms with Crippen LogP contribution in [0.15, 0.2) is 23.0 Å². The molecule has 0 radical (unpaired) electrons. The summed E-state index contributed by atoms with van der Waals surface area (Å²) in [6, 6.07) is 6.47. The Hall–Kier alpha value is -2.20. The fourth-order valence-corrected chi connectivity index (χ4v) is 4.46. The van der Waals surface area contributed by atoms with Crippen molar-refractivity contribution in [1.82, 2.24) is 9.55 Å². The van der Waals surface area contributed by atoms with E-state index in [1.807, 2.05) is 11.5 Å². The lowest BCUT2D eigenvalue weighted by Crippen LogP contribution is -2.20. The Morgan fingerprint density at radius 2 is 2.00 bits per heavy atom. The Kier molecular flexibility index (Phi) is 3.46. The molecular weight excluding hydrogens is 316 g/mol. The molecule has 24 heavy (non-hydrogen) atoms. The minimum atomic E-state index is 0.112. The Morgan fingerprint density at radius 3 is 2.75 bits per heavy atom. The molecular formula is C20H20N2OS. The van der Waals surface area contributed by atoms with Crippen LogP contribution in [0.3, 0.4) is 0 Å². The Morgan fingerprint density at radius 1 is 1.21 bits per heavy atom. The van der Waals surface area contributed by atoms with Gasteiger partial charge in [-0.25, -0.2) is 4.98 Å². The van der Waals surface area contributed by atoms with Gasteiger partial charge in [-0.15, -0.1) is 11.3 Å². The summed E-state index contributed by atoms with van der Waals surface area (Å²) < 4.78 is 1.84. The molecule has 0 bridgehead atoms. The van der Waals surface area contributed by atoms with Crippen molar-refractivity contribution in [3.05, 3.63) is 61.5 Å². The minimum Gasteiger partial charge on any atom is -0.292 e. The third-order valence-electron chi connectivity index (χ3n) is 4.94. The number of aryl methyl sites for hydroxylation is 4. The van der Waals surface area contributed by atoms with E-state index in [0.29, 0.717) is 0 Å². The number of allylic oxidation sites excluding steroid dienone is 1. The molecule has 3 heterocycles. The van der Waals surface area contributed by atoms with E-state index in [2.05, 4.69) is 45.0 Å². The smallest absolute Gasteiger partial charge is 0.262 e. The van der Waals surface area contributed by atoms with Gasteiger partial charge in [0.2, 0.25) is 0 Å². The van der Waals surface area contributed by atoms with Crippen LogP contribution in [0, 0.1) is 27.7 Å². The van der Waals surface area contributed by atoms with Crippen molar-refractivity contribution in [2.24, 2.45) is 0 Å². The molecule has 122 valence electrons. The van der Waals surface area contributed by atoms with Crippen LogP contribution in [0.2, 0.25) is 0 Å². The Bertz CT molecular complexity index is 1070. The number of rotatable bonds is 1. The average Bonchev–Trinajstić information content (AvgIpc) is 3.05. The van der Waals surface area contributed by atoms with Crippen molar-refractivity contribution in [3.63, 3.8) is 0 Å². The highest BCUT2D eigenvalue weighted by Gasteiger charge is 2.23. The first-order valence-electron chi connectivity index (χ1n) is 8.24. The van der Waals surface area contributed by atoms with Crippen LogP contribution in [-0.2, 0) is 6.54 Å². The van der Waals surface area contributed by atoms with E-state index in [0.717, 1.165) is 40.1 Å². The van der Waals surface area contributed by atoms with E-state index < -0.39 is 0 Å². The van der Waals surface area contributed by atoms with Crippen molar-refractivity contribution < 1.29 is 0 Å². The number of hydrogen-bond acceptors (Lipinski definition) is 3. The molecule has 0 saturated carbocycles. The SMILES string of the molecule is Cc1ccc(C=C2CCn3c2nc2sc(C)c(C)c2c3=O)c(C)c1. The molecule has 0 aliphatic carbocycles. The van der Waals surface area contributed by atoms with Gasteiger partial charge in [-0.1, -0.05) is 23.8 Å². The molecule has 0 fully saturated rings. The maximum absolute atomic E-state index is 12.9. The minimum absolute atomic E-state index is 0.112. The zero-order valence-electron chi connectivity index (χ0n) is 14.4. The fourth-order valence-electron chi connectivity index (χ4n) is 3.44. The molecule has 0 saturated heterocycles. The molecule has 0 atom stereocenters. The first-order valence-corrected chi connectivity index (χ1v) is 9.06. The van der Waals surface area contributed by atoms with Gasteiger partial charge in [0.25, 0.3) is 5.56 Å². The third kappa shape index (κ3) is 2.25. The van der Waals surface area contributed by atoms with Crippen molar-refractivity contribution in [3.8, 4) is 0 Å². The summed E-state index contributed by atoms with van der Waals surface area (Å²) in [5.74, 6) is 0.841. The average molecular weight is 336 g/mol. The van der Waals surface area contributed by atoms with Gasteiger partial charge in [0.05, 0.1) is 5.39 Å². The zero-order valence-corrected chi connectivity index (χ0v) is 15.3. The van der Waals surface area contributed by atoms with Gasteiger partial charge in [0.15, 0.2) is 0 Å². The van der Waals surface area contributed by atoms with Gasteiger partial charge in [-0.2, -0.15) is 0 Å². The fraction of sp³-hybridized carbons (Fsp3) is 0.300. The summed E-state index contributed by atoms with van der Waals surface area (Å²) in [5, 5.41) is 0.800. The molecule has 0 N–H and O–H groups in total. The van der Waals surface area contributed by atoms with Crippen molar-refractivity contribution in [2.45, 2.75) is 40.7 Å². The van der Waals surface area contributed by atoms with Crippen LogP contribution in [0.4, 0.5) is 0 Å². The van der Waals surface area contributed by atoms with E-state index in [4.69, 9.17) is 4.98 Å². The Balaban J connectivity index is 1.91. The number of thiophene rings is 1. The number of nitrogens with zero attached hydrogens (tertiary/aromatic N) is 2. The van der Waals surface area contributed by atoms with Crippen LogP contribution in [0.25, 0.3) is 21.9 Å². The second-order valence-electron chi connectivity index (χ2n) is 6.64. The zero-order chi connectivity index (χ0) is 17.0. The maximum Gasteiger partial charge on any atom is 0.262 e. The second-order valence-corrected chi connectivity index (χ2v) is 7.84. The quantitative estimate of drug-likeness (QED) is 0.649. The summed E-state index contributed by atoms with van der Waals surface area (Å²) in [5.41, 5.74) is 6.08. The van der Waals surface area contributed by atoms with Crippen molar-refractivity contribution >= 4 is 33.2 Å². The van der Waals surface area contributed by atoms with Gasteiger partial charge in [-0.3, -0.25) is 9.36 Å². The van der Waals surface area contributed by atoms with Gasteiger partial charge >= 0.3 is 0 Å². The lowest BCUT2D eigenvalue weighted by atomic mass is 10.0. The van der Waals surface area contributed by atoms with Crippen LogP contribution >= 0.6 is 11.3 Å². The lowest BCUT2D eigenvalue weighted by Gasteiger charge is -2.05. The van der Waals surface area contributed by atoms with E-state index in [1.165, 1.54) is 21.6 Å². The molecule has 0 unspecified atom stereocenters. The topological polar surface area (TPSA) is 34.9 Å². The summed E-state index contributed by atoms with van der Waals surface area (Å²) in [6.07, 6.45) is 3.06. The van der Waals surface area contributed by atoms with Crippen LogP contribution in [0.5, 0.6) is 0 Å². The monoisotopic (exact) mass is 336 g/mol. The summed E-state index contributed by atoms with van der Waals surface area (Å²) in [6.45, 7) is 9.04. The van der Waals surface area contributed by atoms with Crippen LogP contribution in [-0.4, -0.2) is 9.55 Å². The Labute approximate surface area is 145 Å². The summed E-state index contributed by atoms with van der Waals surface area (Å²) >= 11 is 1.62. The number of hydrogen-bond donors (Lipinski definition) is 0.